The third-order valence-corrected chi connectivity index (χ3v) is 4.51. The molecule has 2 heterocycles. The predicted molar refractivity (Wildman–Crippen MR) is 63.3 cm³/mol. The molecule has 1 saturated heterocycles. The second kappa shape index (κ2) is 3.20. The summed E-state index contributed by atoms with van der Waals surface area (Å²) in [7, 11) is 0. The largest absolute Gasteiger partial charge is 0.381 e. The summed E-state index contributed by atoms with van der Waals surface area (Å²) in [4.78, 5) is 0. The fourth-order valence-corrected chi connectivity index (χ4v) is 3.93. The van der Waals surface area contributed by atoms with Crippen LogP contribution in [0.2, 0.25) is 0 Å². The van der Waals surface area contributed by atoms with E-state index in [0.29, 0.717) is 6.04 Å². The number of nitrogens with one attached hydrogen (secondary N) is 1. The summed E-state index contributed by atoms with van der Waals surface area (Å²) < 4.78 is 0. The van der Waals surface area contributed by atoms with Gasteiger partial charge < -0.3 is 5.32 Å². The molecule has 2 heteroatoms. The molecule has 0 saturated carbocycles. The van der Waals surface area contributed by atoms with Crippen LogP contribution in [0.4, 0.5) is 5.69 Å². The van der Waals surface area contributed by atoms with Gasteiger partial charge >= 0.3 is 0 Å². The smallest absolute Gasteiger partial charge is 0.0381 e. The number of hydrogen-bond acceptors (Lipinski definition) is 2. The average Bonchev–Trinajstić information content (AvgIpc) is 2.57. The van der Waals surface area contributed by atoms with E-state index >= 15 is 0 Å². The zero-order valence-electron chi connectivity index (χ0n) is 8.42. The normalized spacial score (nSPS) is 29.2. The zero-order chi connectivity index (χ0) is 9.54. The van der Waals surface area contributed by atoms with Crippen LogP contribution in [-0.4, -0.2) is 17.5 Å². The second-order valence-corrected chi connectivity index (χ2v) is 5.41. The van der Waals surface area contributed by atoms with E-state index in [0.717, 1.165) is 5.92 Å². The molecular weight excluding hydrogens is 190 g/mol. The summed E-state index contributed by atoms with van der Waals surface area (Å²) in [6.07, 6.45) is 1.32. The van der Waals surface area contributed by atoms with Gasteiger partial charge in [0.2, 0.25) is 0 Å². The molecule has 1 aromatic carbocycles. The molecule has 0 spiro atoms. The second-order valence-electron chi connectivity index (χ2n) is 4.26. The van der Waals surface area contributed by atoms with Crippen molar-refractivity contribution in [3.05, 3.63) is 29.3 Å². The minimum Gasteiger partial charge on any atom is -0.381 e. The number of rotatable bonds is 0. The number of fused-ring (bicyclic) bond motifs is 3. The van der Waals surface area contributed by atoms with Gasteiger partial charge in [-0.05, 0) is 36.3 Å². The van der Waals surface area contributed by atoms with Crippen molar-refractivity contribution in [3.63, 3.8) is 0 Å². The fourth-order valence-electron chi connectivity index (χ4n) is 2.69. The molecule has 1 nitrogen and oxygen atoms in total. The van der Waals surface area contributed by atoms with Crippen molar-refractivity contribution in [2.45, 2.75) is 25.3 Å². The highest BCUT2D eigenvalue weighted by Crippen LogP contribution is 2.43. The van der Waals surface area contributed by atoms with Gasteiger partial charge in [-0.3, -0.25) is 0 Å². The molecule has 74 valence electrons. The molecule has 3 rings (SSSR count). The molecule has 14 heavy (non-hydrogen) atoms. The van der Waals surface area contributed by atoms with Crippen molar-refractivity contribution in [2.24, 2.45) is 0 Å². The van der Waals surface area contributed by atoms with Crippen LogP contribution in [0.25, 0.3) is 0 Å². The Morgan fingerprint density at radius 1 is 1.43 bits per heavy atom. The molecule has 0 radical (unpaired) electrons. The molecule has 2 atom stereocenters. The van der Waals surface area contributed by atoms with Crippen molar-refractivity contribution in [2.75, 3.05) is 16.8 Å². The van der Waals surface area contributed by atoms with Crippen LogP contribution in [0.5, 0.6) is 0 Å². The van der Waals surface area contributed by atoms with Crippen LogP contribution in [-0.2, 0) is 0 Å². The van der Waals surface area contributed by atoms with E-state index < -0.39 is 0 Å². The lowest BCUT2D eigenvalue weighted by atomic mass is 9.92. The molecule has 0 aromatic heterocycles. The first-order valence-electron chi connectivity index (χ1n) is 5.30. The highest BCUT2D eigenvalue weighted by molar-refractivity contribution is 7.99. The van der Waals surface area contributed by atoms with E-state index in [1.807, 2.05) is 0 Å². The van der Waals surface area contributed by atoms with Crippen LogP contribution in [0.3, 0.4) is 0 Å². The van der Waals surface area contributed by atoms with Crippen LogP contribution in [0, 0.1) is 6.92 Å². The quantitative estimate of drug-likeness (QED) is 0.698. The van der Waals surface area contributed by atoms with E-state index in [1.54, 1.807) is 5.56 Å². The van der Waals surface area contributed by atoms with Gasteiger partial charge in [-0.25, -0.2) is 0 Å². The predicted octanol–water partition coefficient (Wildman–Crippen LogP) is 3.01. The maximum Gasteiger partial charge on any atom is 0.0381 e. The van der Waals surface area contributed by atoms with Gasteiger partial charge in [0.25, 0.3) is 0 Å². The van der Waals surface area contributed by atoms with Gasteiger partial charge in [0.05, 0.1) is 0 Å². The maximum atomic E-state index is 3.66. The van der Waals surface area contributed by atoms with Gasteiger partial charge in [-0.2, -0.15) is 11.8 Å². The Morgan fingerprint density at radius 3 is 3.29 bits per heavy atom. The number of hydrogen-bond donors (Lipinski definition) is 1. The fraction of sp³-hybridized carbons (Fsp3) is 0.500. The van der Waals surface area contributed by atoms with Gasteiger partial charge in [-0.15, -0.1) is 0 Å². The lowest BCUT2D eigenvalue weighted by Crippen LogP contribution is -2.26. The average molecular weight is 205 g/mol. The Balaban J connectivity index is 2.06. The number of benzene rings is 1. The van der Waals surface area contributed by atoms with Gasteiger partial charge in [0.1, 0.15) is 0 Å². The minimum atomic E-state index is 0.715. The molecule has 0 bridgehead atoms. The van der Waals surface area contributed by atoms with Crippen molar-refractivity contribution in [1.29, 1.82) is 0 Å². The van der Waals surface area contributed by atoms with Crippen LogP contribution in [0.1, 0.15) is 23.5 Å². The molecule has 2 unspecified atom stereocenters. The van der Waals surface area contributed by atoms with E-state index in [-0.39, 0.29) is 0 Å². The van der Waals surface area contributed by atoms with Crippen molar-refractivity contribution in [1.82, 2.24) is 0 Å². The number of aryl methyl sites for hydroxylation is 1. The Bertz CT molecular complexity index is 361. The first-order valence-corrected chi connectivity index (χ1v) is 6.45. The van der Waals surface area contributed by atoms with Gasteiger partial charge in [0, 0.05) is 23.4 Å². The van der Waals surface area contributed by atoms with Gasteiger partial charge in [-0.1, -0.05) is 12.1 Å². The highest BCUT2D eigenvalue weighted by Gasteiger charge is 2.34. The molecule has 1 N–H and O–H groups in total. The van der Waals surface area contributed by atoms with Crippen LogP contribution < -0.4 is 5.32 Å². The molecule has 0 amide bonds. The number of thioether (sulfide) groups is 1. The van der Waals surface area contributed by atoms with E-state index in [2.05, 4.69) is 42.2 Å². The van der Waals surface area contributed by atoms with Gasteiger partial charge in [0.15, 0.2) is 0 Å². The Kier molecular flexibility index (Phi) is 1.98. The van der Waals surface area contributed by atoms with Crippen LogP contribution >= 0.6 is 11.8 Å². The molecule has 2 aliphatic heterocycles. The highest BCUT2D eigenvalue weighted by atomic mass is 32.2. The monoisotopic (exact) mass is 205 g/mol. The summed E-state index contributed by atoms with van der Waals surface area (Å²) in [5, 5.41) is 3.66. The Morgan fingerprint density at radius 2 is 2.36 bits per heavy atom. The number of anilines is 1. The topological polar surface area (TPSA) is 12.0 Å². The summed E-state index contributed by atoms with van der Waals surface area (Å²) in [6, 6.07) is 7.34. The van der Waals surface area contributed by atoms with Crippen molar-refractivity contribution < 1.29 is 0 Å². The Hall–Kier alpha value is -0.630. The molecule has 0 aliphatic carbocycles. The summed E-state index contributed by atoms with van der Waals surface area (Å²) in [5.74, 6) is 3.39. The first kappa shape index (κ1) is 8.66. The third-order valence-electron chi connectivity index (χ3n) is 3.39. The molecular formula is C12H15NS. The van der Waals surface area contributed by atoms with Crippen molar-refractivity contribution in [3.8, 4) is 0 Å². The van der Waals surface area contributed by atoms with Crippen LogP contribution in [0.15, 0.2) is 18.2 Å². The maximum absolute atomic E-state index is 3.66. The van der Waals surface area contributed by atoms with E-state index in [9.17, 15) is 0 Å². The van der Waals surface area contributed by atoms with E-state index in [4.69, 9.17) is 0 Å². The Labute approximate surface area is 89.3 Å². The minimum absolute atomic E-state index is 0.715. The molecule has 1 fully saturated rings. The summed E-state index contributed by atoms with van der Waals surface area (Å²) in [5.41, 5.74) is 4.44. The first-order chi connectivity index (χ1) is 6.86. The van der Waals surface area contributed by atoms with E-state index in [1.165, 1.54) is 29.2 Å². The third kappa shape index (κ3) is 1.17. The lowest BCUT2D eigenvalue weighted by Gasteiger charge is -2.25. The standard InChI is InChI=1S/C12H15NS/c1-8-3-2-4-11-12(8)9-7-14-6-5-10(9)13-11/h2-4,9-10,13H,5-7H2,1H3. The summed E-state index contributed by atoms with van der Waals surface area (Å²) >= 11 is 2.10. The molecule has 1 aromatic rings. The summed E-state index contributed by atoms with van der Waals surface area (Å²) in [6.45, 7) is 2.24. The van der Waals surface area contributed by atoms with Crippen molar-refractivity contribution >= 4 is 17.4 Å². The molecule has 2 aliphatic rings. The zero-order valence-corrected chi connectivity index (χ0v) is 9.23. The lowest BCUT2D eigenvalue weighted by molar-refractivity contribution is 0.612. The SMILES string of the molecule is Cc1cccc2c1C1CSCCC1N2.